The first-order valence-corrected chi connectivity index (χ1v) is 4.51. The molecule has 0 unspecified atom stereocenters. The molecule has 15 heavy (non-hydrogen) atoms. The van der Waals surface area contributed by atoms with E-state index in [4.69, 9.17) is 11.0 Å². The lowest BCUT2D eigenvalue weighted by molar-refractivity contribution is 1.33. The van der Waals surface area contributed by atoms with Gasteiger partial charge in [0.25, 0.3) is 0 Å². The summed E-state index contributed by atoms with van der Waals surface area (Å²) in [5.74, 6) is 0. The van der Waals surface area contributed by atoms with Crippen LogP contribution >= 0.6 is 0 Å². The van der Waals surface area contributed by atoms with Crippen LogP contribution in [-0.4, -0.2) is 4.98 Å². The monoisotopic (exact) mass is 195 g/mol. The average molecular weight is 195 g/mol. The Labute approximate surface area is 87.8 Å². The van der Waals surface area contributed by atoms with Gasteiger partial charge >= 0.3 is 0 Å². The third-order valence-electron chi connectivity index (χ3n) is 2.19. The molecule has 0 saturated heterocycles. The predicted octanol–water partition coefficient (Wildman–Crippen LogP) is 2.20. The van der Waals surface area contributed by atoms with Gasteiger partial charge in [-0.25, -0.2) is 0 Å². The summed E-state index contributed by atoms with van der Waals surface area (Å²) in [6.07, 6.45) is 3.45. The second-order valence-corrected chi connectivity index (χ2v) is 3.15. The maximum absolute atomic E-state index is 8.74. The van der Waals surface area contributed by atoms with Crippen molar-refractivity contribution in [3.05, 3.63) is 48.3 Å². The summed E-state index contributed by atoms with van der Waals surface area (Å²) in [6, 6.07) is 11.2. The summed E-state index contributed by atoms with van der Waals surface area (Å²) in [5, 5.41) is 8.74. The lowest BCUT2D eigenvalue weighted by Gasteiger charge is -2.03. The van der Waals surface area contributed by atoms with Crippen molar-refractivity contribution in [2.24, 2.45) is 0 Å². The highest BCUT2D eigenvalue weighted by atomic mass is 14.6. The van der Waals surface area contributed by atoms with Crippen LogP contribution in [-0.2, 0) is 0 Å². The van der Waals surface area contributed by atoms with E-state index in [1.54, 1.807) is 24.5 Å². The van der Waals surface area contributed by atoms with Gasteiger partial charge in [-0.15, -0.1) is 0 Å². The van der Waals surface area contributed by atoms with Crippen LogP contribution in [0.3, 0.4) is 0 Å². The molecule has 3 heteroatoms. The third-order valence-corrected chi connectivity index (χ3v) is 2.19. The van der Waals surface area contributed by atoms with Crippen LogP contribution in [0.15, 0.2) is 42.7 Å². The highest BCUT2D eigenvalue weighted by Crippen LogP contribution is 2.22. The van der Waals surface area contributed by atoms with Crippen molar-refractivity contribution in [2.45, 2.75) is 0 Å². The molecule has 0 fully saturated rings. The lowest BCUT2D eigenvalue weighted by Crippen LogP contribution is -1.90. The number of nitrogens with two attached hydrogens (primary N) is 1. The molecule has 72 valence electrons. The number of nitrogens with zero attached hydrogens (tertiary/aromatic N) is 2. The van der Waals surface area contributed by atoms with Crippen LogP contribution in [0.25, 0.3) is 11.1 Å². The van der Waals surface area contributed by atoms with E-state index in [2.05, 4.69) is 4.98 Å². The van der Waals surface area contributed by atoms with Gasteiger partial charge in [-0.3, -0.25) is 4.98 Å². The molecule has 0 spiro atoms. The molecule has 1 heterocycles. The van der Waals surface area contributed by atoms with Gasteiger partial charge in [-0.2, -0.15) is 5.26 Å². The molecule has 0 aliphatic rings. The highest BCUT2D eigenvalue weighted by molar-refractivity contribution is 5.70. The Hall–Kier alpha value is -2.34. The normalized spacial score (nSPS) is 9.53. The fourth-order valence-electron chi connectivity index (χ4n) is 1.39. The van der Waals surface area contributed by atoms with E-state index >= 15 is 0 Å². The minimum absolute atomic E-state index is 0.506. The SMILES string of the molecule is N#Cc1ccc(-c2ccncc2)cc1N. The Kier molecular flexibility index (Phi) is 2.34. The van der Waals surface area contributed by atoms with Gasteiger partial charge in [0.1, 0.15) is 6.07 Å². The topological polar surface area (TPSA) is 62.7 Å². The Morgan fingerprint density at radius 3 is 2.40 bits per heavy atom. The molecule has 1 aromatic carbocycles. The third kappa shape index (κ3) is 1.79. The van der Waals surface area contributed by atoms with E-state index in [1.807, 2.05) is 24.3 Å². The molecule has 0 atom stereocenters. The highest BCUT2D eigenvalue weighted by Gasteiger charge is 2.01. The molecule has 0 radical (unpaired) electrons. The van der Waals surface area contributed by atoms with E-state index < -0.39 is 0 Å². The van der Waals surface area contributed by atoms with Crippen LogP contribution in [0.1, 0.15) is 5.56 Å². The van der Waals surface area contributed by atoms with Gasteiger partial charge in [0.05, 0.1) is 11.3 Å². The summed E-state index contributed by atoms with van der Waals surface area (Å²) >= 11 is 0. The molecular formula is C12H9N3. The van der Waals surface area contributed by atoms with Crippen molar-refractivity contribution in [3.63, 3.8) is 0 Å². The van der Waals surface area contributed by atoms with Crippen LogP contribution in [0.2, 0.25) is 0 Å². The van der Waals surface area contributed by atoms with Gasteiger partial charge in [0.15, 0.2) is 0 Å². The van der Waals surface area contributed by atoms with Crippen LogP contribution in [0, 0.1) is 11.3 Å². The number of nitriles is 1. The van der Waals surface area contributed by atoms with Crippen molar-refractivity contribution in [2.75, 3.05) is 5.73 Å². The van der Waals surface area contributed by atoms with Crippen molar-refractivity contribution >= 4 is 5.69 Å². The van der Waals surface area contributed by atoms with Crippen LogP contribution in [0.5, 0.6) is 0 Å². The van der Waals surface area contributed by atoms with Crippen molar-refractivity contribution in [1.29, 1.82) is 5.26 Å². The van der Waals surface area contributed by atoms with Crippen molar-refractivity contribution in [1.82, 2.24) is 4.98 Å². The zero-order chi connectivity index (χ0) is 10.7. The van der Waals surface area contributed by atoms with Gasteiger partial charge in [0.2, 0.25) is 0 Å². The Bertz CT molecular complexity index is 512. The summed E-state index contributed by atoms with van der Waals surface area (Å²) in [6.45, 7) is 0. The van der Waals surface area contributed by atoms with Gasteiger partial charge < -0.3 is 5.73 Å². The van der Waals surface area contributed by atoms with E-state index in [0.717, 1.165) is 11.1 Å². The standard InChI is InChI=1S/C12H9N3/c13-8-11-2-1-10(7-12(11)14)9-3-5-15-6-4-9/h1-7H,14H2. The molecule has 3 nitrogen and oxygen atoms in total. The Morgan fingerprint density at radius 2 is 1.80 bits per heavy atom. The quantitative estimate of drug-likeness (QED) is 0.709. The number of nitrogen functional groups attached to an aromatic ring is 1. The van der Waals surface area contributed by atoms with E-state index in [9.17, 15) is 0 Å². The number of aromatic nitrogens is 1. The van der Waals surface area contributed by atoms with Gasteiger partial charge in [0, 0.05) is 12.4 Å². The van der Waals surface area contributed by atoms with Crippen LogP contribution in [0.4, 0.5) is 5.69 Å². The lowest BCUT2D eigenvalue weighted by atomic mass is 10.0. The Morgan fingerprint density at radius 1 is 1.07 bits per heavy atom. The first-order valence-electron chi connectivity index (χ1n) is 4.51. The first-order chi connectivity index (χ1) is 7.31. The van der Waals surface area contributed by atoms with E-state index in [1.165, 1.54) is 0 Å². The molecule has 2 N–H and O–H groups in total. The molecule has 0 aliphatic heterocycles. The first kappa shape index (κ1) is 9.22. The maximum atomic E-state index is 8.74. The molecule has 0 bridgehead atoms. The predicted molar refractivity (Wildman–Crippen MR) is 58.8 cm³/mol. The van der Waals surface area contributed by atoms with Crippen LogP contribution < -0.4 is 5.73 Å². The second-order valence-electron chi connectivity index (χ2n) is 3.15. The van der Waals surface area contributed by atoms with E-state index in [0.29, 0.717) is 11.3 Å². The maximum Gasteiger partial charge on any atom is 0.101 e. The minimum atomic E-state index is 0.506. The zero-order valence-electron chi connectivity index (χ0n) is 8.01. The smallest absolute Gasteiger partial charge is 0.101 e. The zero-order valence-corrected chi connectivity index (χ0v) is 8.01. The number of hydrogen-bond donors (Lipinski definition) is 1. The molecule has 2 aromatic rings. The largest absolute Gasteiger partial charge is 0.398 e. The fraction of sp³-hybridized carbons (Fsp3) is 0. The number of benzene rings is 1. The minimum Gasteiger partial charge on any atom is -0.398 e. The summed E-state index contributed by atoms with van der Waals surface area (Å²) in [4.78, 5) is 3.94. The number of pyridine rings is 1. The second kappa shape index (κ2) is 3.81. The van der Waals surface area contributed by atoms with E-state index in [-0.39, 0.29) is 0 Å². The molecule has 0 amide bonds. The average Bonchev–Trinajstić information content (AvgIpc) is 2.30. The molecule has 2 rings (SSSR count). The van der Waals surface area contributed by atoms with Gasteiger partial charge in [-0.1, -0.05) is 6.07 Å². The number of anilines is 1. The molecular weight excluding hydrogens is 186 g/mol. The summed E-state index contributed by atoms with van der Waals surface area (Å²) in [7, 11) is 0. The van der Waals surface area contributed by atoms with Gasteiger partial charge in [-0.05, 0) is 35.4 Å². The summed E-state index contributed by atoms with van der Waals surface area (Å²) < 4.78 is 0. The number of rotatable bonds is 1. The summed E-state index contributed by atoms with van der Waals surface area (Å²) in [5.41, 5.74) is 8.78. The molecule has 0 saturated carbocycles. The fourth-order valence-corrected chi connectivity index (χ4v) is 1.39. The molecule has 0 aliphatic carbocycles. The van der Waals surface area contributed by atoms with Crippen molar-refractivity contribution < 1.29 is 0 Å². The van der Waals surface area contributed by atoms with Crippen molar-refractivity contribution in [3.8, 4) is 17.2 Å². The Balaban J connectivity index is 2.49. The number of hydrogen-bond acceptors (Lipinski definition) is 3. The molecule has 1 aromatic heterocycles.